The number of hydrogen-bond acceptors (Lipinski definition) is 4. The summed E-state index contributed by atoms with van der Waals surface area (Å²) in [5.74, 6) is -0.531. The van der Waals surface area contributed by atoms with Crippen LogP contribution in [-0.2, 0) is 11.3 Å². The van der Waals surface area contributed by atoms with Crippen molar-refractivity contribution in [1.29, 1.82) is 0 Å². The molecule has 0 unspecified atom stereocenters. The van der Waals surface area contributed by atoms with E-state index in [-0.39, 0.29) is 12.5 Å². The van der Waals surface area contributed by atoms with Crippen LogP contribution in [-0.4, -0.2) is 46.5 Å². The van der Waals surface area contributed by atoms with Gasteiger partial charge in [-0.25, -0.2) is 4.79 Å². The van der Waals surface area contributed by atoms with Gasteiger partial charge in [-0.05, 0) is 24.6 Å². The Morgan fingerprint density at radius 3 is 2.41 bits per heavy atom. The van der Waals surface area contributed by atoms with Gasteiger partial charge in [-0.15, -0.1) is 0 Å². The largest absolute Gasteiger partial charge is 0.420 e. The quantitative estimate of drug-likeness (QED) is 0.713. The summed E-state index contributed by atoms with van der Waals surface area (Å²) in [4.78, 5) is 29.0. The van der Waals surface area contributed by atoms with Crippen LogP contribution in [0.25, 0.3) is 11.1 Å². The molecule has 0 radical (unpaired) electrons. The van der Waals surface area contributed by atoms with E-state index >= 15 is 0 Å². The maximum atomic E-state index is 12.7. The highest BCUT2D eigenvalue weighted by atomic mass is 16.4. The summed E-state index contributed by atoms with van der Waals surface area (Å²) in [6, 6.07) is 17.9. The molecule has 1 atom stereocenters. The van der Waals surface area contributed by atoms with Gasteiger partial charge in [0.25, 0.3) is 0 Å². The van der Waals surface area contributed by atoms with E-state index in [4.69, 9.17) is 4.42 Å². The first-order valence-electron chi connectivity index (χ1n) is 9.28. The number of piperazine rings is 1. The van der Waals surface area contributed by atoms with E-state index in [1.165, 1.54) is 10.1 Å². The summed E-state index contributed by atoms with van der Waals surface area (Å²) in [5.41, 5.74) is 2.46. The third-order valence-corrected chi connectivity index (χ3v) is 5.36. The third kappa shape index (κ3) is 3.53. The highest BCUT2D eigenvalue weighted by Crippen LogP contribution is 2.21. The van der Waals surface area contributed by atoms with Crippen LogP contribution >= 0.6 is 0 Å². The minimum atomic E-state index is -0.485. The van der Waals surface area contributed by atoms with E-state index in [1.54, 1.807) is 12.1 Å². The zero-order chi connectivity index (χ0) is 18.8. The number of rotatable bonds is 4. The van der Waals surface area contributed by atoms with Gasteiger partial charge in [0.1, 0.15) is 6.54 Å². The van der Waals surface area contributed by atoms with Gasteiger partial charge in [0.05, 0.1) is 5.52 Å². The molecule has 1 aliphatic heterocycles. The van der Waals surface area contributed by atoms with Crippen LogP contribution in [0.1, 0.15) is 18.5 Å². The fraction of sp³-hybridized carbons (Fsp3) is 0.333. The molecule has 0 spiro atoms. The Morgan fingerprint density at radius 1 is 1.00 bits per heavy atom. The topological polar surface area (TPSA) is 58.7 Å². The van der Waals surface area contributed by atoms with Crippen molar-refractivity contribution in [3.8, 4) is 0 Å². The van der Waals surface area contributed by atoms with Gasteiger partial charge in [0.2, 0.25) is 5.91 Å². The van der Waals surface area contributed by atoms with Gasteiger partial charge in [0.15, 0.2) is 5.58 Å². The number of benzene rings is 2. The van der Waals surface area contributed by atoms with Crippen LogP contribution in [0, 0.1) is 0 Å². The van der Waals surface area contributed by atoms with Crippen LogP contribution in [0.15, 0.2) is 63.8 Å². The van der Waals surface area contributed by atoms with E-state index in [0.29, 0.717) is 30.2 Å². The van der Waals surface area contributed by atoms with E-state index in [9.17, 15) is 9.59 Å². The number of para-hydroxylation sites is 2. The van der Waals surface area contributed by atoms with Crippen molar-refractivity contribution >= 4 is 17.0 Å². The molecule has 0 bridgehead atoms. The lowest BCUT2D eigenvalue weighted by Gasteiger charge is -2.38. The van der Waals surface area contributed by atoms with Gasteiger partial charge in [-0.2, -0.15) is 0 Å². The molecule has 2 heterocycles. The average molecular weight is 365 g/mol. The molecule has 27 heavy (non-hydrogen) atoms. The smallest absolute Gasteiger partial charge is 0.408 e. The zero-order valence-corrected chi connectivity index (χ0v) is 15.4. The number of fused-ring (bicyclic) bond motifs is 1. The molecular formula is C21H23N3O3. The Morgan fingerprint density at radius 2 is 1.67 bits per heavy atom. The number of carbonyl (C=O) groups is 1. The minimum absolute atomic E-state index is 0.0179. The Labute approximate surface area is 157 Å². The lowest BCUT2D eigenvalue weighted by molar-refractivity contribution is -0.133. The second-order valence-corrected chi connectivity index (χ2v) is 6.93. The van der Waals surface area contributed by atoms with Crippen molar-refractivity contribution in [2.75, 3.05) is 26.2 Å². The van der Waals surface area contributed by atoms with Crippen molar-refractivity contribution in [3.05, 3.63) is 70.7 Å². The van der Waals surface area contributed by atoms with Crippen molar-refractivity contribution in [2.45, 2.75) is 19.5 Å². The van der Waals surface area contributed by atoms with Gasteiger partial charge in [-0.3, -0.25) is 14.3 Å². The van der Waals surface area contributed by atoms with Crippen LogP contribution in [0.3, 0.4) is 0 Å². The molecule has 140 valence electrons. The van der Waals surface area contributed by atoms with E-state index in [0.717, 1.165) is 13.1 Å². The van der Waals surface area contributed by atoms with E-state index in [2.05, 4.69) is 36.1 Å². The third-order valence-electron chi connectivity index (χ3n) is 5.36. The van der Waals surface area contributed by atoms with Crippen LogP contribution in [0.4, 0.5) is 0 Å². The molecule has 4 rings (SSSR count). The SMILES string of the molecule is C[C@H](c1ccccc1)N1CCN(C(=O)Cn2c(=O)oc3ccccc32)CC1. The maximum Gasteiger partial charge on any atom is 0.420 e. The molecule has 0 saturated carbocycles. The Kier molecular flexibility index (Phi) is 4.81. The fourth-order valence-corrected chi connectivity index (χ4v) is 3.70. The van der Waals surface area contributed by atoms with Crippen LogP contribution in [0.2, 0.25) is 0 Å². The van der Waals surface area contributed by atoms with Gasteiger partial charge < -0.3 is 9.32 Å². The van der Waals surface area contributed by atoms with Gasteiger partial charge in [-0.1, -0.05) is 42.5 Å². The highest BCUT2D eigenvalue weighted by Gasteiger charge is 2.25. The van der Waals surface area contributed by atoms with Crippen LogP contribution < -0.4 is 5.76 Å². The molecular weight excluding hydrogens is 342 g/mol. The summed E-state index contributed by atoms with van der Waals surface area (Å²) < 4.78 is 6.63. The molecule has 2 aromatic carbocycles. The molecule has 6 heteroatoms. The Bertz CT molecular complexity index is 985. The summed E-state index contributed by atoms with van der Waals surface area (Å²) in [5, 5.41) is 0. The first-order valence-corrected chi connectivity index (χ1v) is 9.28. The van der Waals surface area contributed by atoms with Crippen molar-refractivity contribution in [2.24, 2.45) is 0 Å². The standard InChI is InChI=1S/C21H23N3O3/c1-16(17-7-3-2-4-8-17)22-11-13-23(14-12-22)20(25)15-24-18-9-5-6-10-19(18)27-21(24)26/h2-10,16H,11-15H2,1H3/t16-/m1/s1. The monoisotopic (exact) mass is 365 g/mol. The number of amides is 1. The highest BCUT2D eigenvalue weighted by molar-refractivity contribution is 5.79. The summed E-state index contributed by atoms with van der Waals surface area (Å²) in [6.07, 6.45) is 0. The van der Waals surface area contributed by atoms with Gasteiger partial charge in [0, 0.05) is 32.2 Å². The number of carbonyl (C=O) groups excluding carboxylic acids is 1. The van der Waals surface area contributed by atoms with Crippen molar-refractivity contribution < 1.29 is 9.21 Å². The molecule has 0 aliphatic carbocycles. The first kappa shape index (κ1) is 17.5. The summed E-state index contributed by atoms with van der Waals surface area (Å²) in [7, 11) is 0. The predicted molar refractivity (Wildman–Crippen MR) is 103 cm³/mol. The number of aromatic nitrogens is 1. The number of nitrogens with zero attached hydrogens (tertiary/aromatic N) is 3. The van der Waals surface area contributed by atoms with Gasteiger partial charge >= 0.3 is 5.76 Å². The predicted octanol–water partition coefficient (Wildman–Crippen LogP) is 2.50. The second-order valence-electron chi connectivity index (χ2n) is 6.93. The van der Waals surface area contributed by atoms with Crippen molar-refractivity contribution in [3.63, 3.8) is 0 Å². The summed E-state index contributed by atoms with van der Waals surface area (Å²) >= 11 is 0. The Balaban J connectivity index is 1.40. The lowest BCUT2D eigenvalue weighted by atomic mass is 10.1. The molecule has 1 amide bonds. The molecule has 1 aliphatic rings. The molecule has 1 saturated heterocycles. The fourth-order valence-electron chi connectivity index (χ4n) is 3.70. The molecule has 6 nitrogen and oxygen atoms in total. The maximum absolute atomic E-state index is 12.7. The Hall–Kier alpha value is -2.86. The number of hydrogen-bond donors (Lipinski definition) is 0. The number of oxazole rings is 1. The normalized spacial score (nSPS) is 16.6. The minimum Gasteiger partial charge on any atom is -0.408 e. The van der Waals surface area contributed by atoms with Crippen LogP contribution in [0.5, 0.6) is 0 Å². The molecule has 1 aromatic heterocycles. The average Bonchev–Trinajstić information content (AvgIpc) is 3.03. The first-order chi connectivity index (χ1) is 13.1. The van der Waals surface area contributed by atoms with E-state index in [1.807, 2.05) is 23.1 Å². The molecule has 0 N–H and O–H groups in total. The second kappa shape index (κ2) is 7.40. The summed E-state index contributed by atoms with van der Waals surface area (Å²) in [6.45, 7) is 5.20. The lowest BCUT2D eigenvalue weighted by Crippen LogP contribution is -2.50. The zero-order valence-electron chi connectivity index (χ0n) is 15.4. The molecule has 1 fully saturated rings. The van der Waals surface area contributed by atoms with E-state index < -0.39 is 5.76 Å². The molecule has 3 aromatic rings. The van der Waals surface area contributed by atoms with Crippen molar-refractivity contribution in [1.82, 2.24) is 14.4 Å².